The zero-order valence-electron chi connectivity index (χ0n) is 11.4. The topological polar surface area (TPSA) is 38.0 Å². The van der Waals surface area contributed by atoms with Crippen LogP contribution in [-0.4, -0.2) is 21.0 Å². The van der Waals surface area contributed by atoms with Crippen molar-refractivity contribution < 1.29 is 5.11 Å². The Morgan fingerprint density at radius 2 is 2.11 bits per heavy atom. The zero-order valence-corrected chi connectivity index (χ0v) is 12.2. The summed E-state index contributed by atoms with van der Waals surface area (Å²) in [4.78, 5) is 1.40. The molecule has 0 spiro atoms. The van der Waals surface area contributed by atoms with E-state index < -0.39 is 0 Å². The first-order valence-electron chi connectivity index (χ1n) is 6.62. The molecule has 3 aromatic rings. The van der Waals surface area contributed by atoms with Crippen molar-refractivity contribution >= 4 is 32.3 Å². The Balaban J connectivity index is 2.27. The average Bonchev–Trinajstić information content (AvgIpc) is 2.91. The minimum Gasteiger partial charge on any atom is -0.391 e. The van der Waals surface area contributed by atoms with Crippen molar-refractivity contribution in [1.29, 1.82) is 0 Å². The molecule has 1 N–H and O–H groups in total. The number of nitrogens with zero attached hydrogens (tertiary/aromatic N) is 2. The maximum atomic E-state index is 9.59. The molecular formula is C15H18N2OS. The quantitative estimate of drug-likeness (QED) is 0.789. The van der Waals surface area contributed by atoms with Crippen molar-refractivity contribution in [2.45, 2.75) is 39.3 Å². The van der Waals surface area contributed by atoms with Crippen molar-refractivity contribution in [1.82, 2.24) is 9.78 Å². The molecule has 0 unspecified atom stereocenters. The van der Waals surface area contributed by atoms with E-state index in [1.54, 1.807) is 6.92 Å². The molecule has 2 heterocycles. The molecule has 0 aliphatic heterocycles. The van der Waals surface area contributed by atoms with Crippen LogP contribution in [0.5, 0.6) is 0 Å². The number of hydrogen-bond donors (Lipinski definition) is 1. The van der Waals surface area contributed by atoms with E-state index in [0.717, 1.165) is 10.9 Å². The van der Waals surface area contributed by atoms with E-state index in [9.17, 15) is 5.11 Å². The summed E-state index contributed by atoms with van der Waals surface area (Å²) < 4.78 is 3.21. The van der Waals surface area contributed by atoms with Crippen LogP contribution in [0.25, 0.3) is 21.0 Å². The number of aliphatic hydroxyl groups excluding tert-OH is 1. The first-order chi connectivity index (χ1) is 9.06. The first-order valence-corrected chi connectivity index (χ1v) is 7.44. The number of fused-ring (bicyclic) bond motifs is 3. The van der Waals surface area contributed by atoms with Crippen LogP contribution in [0.4, 0.5) is 0 Å². The molecule has 3 nitrogen and oxygen atoms in total. The number of thiophene rings is 1. The standard InChI is InChI=1S/C15H18N2OS/c1-9(2)14-6-12-13(19-14)5-4-11-7-16-17(15(11)12)8-10(3)18/h4-7,9-10,18H,8H2,1-3H3/t10-/m1/s1. The van der Waals surface area contributed by atoms with Gasteiger partial charge in [-0.15, -0.1) is 11.3 Å². The number of benzene rings is 1. The van der Waals surface area contributed by atoms with Crippen LogP contribution in [-0.2, 0) is 6.54 Å². The minimum absolute atomic E-state index is 0.387. The molecule has 3 rings (SSSR count). The third-order valence-corrected chi connectivity index (χ3v) is 4.72. The molecule has 0 saturated carbocycles. The van der Waals surface area contributed by atoms with Gasteiger partial charge in [0.15, 0.2) is 0 Å². The molecule has 1 aromatic carbocycles. The molecule has 0 bridgehead atoms. The minimum atomic E-state index is -0.387. The summed E-state index contributed by atoms with van der Waals surface area (Å²) in [5, 5.41) is 16.4. The summed E-state index contributed by atoms with van der Waals surface area (Å²) in [7, 11) is 0. The maximum Gasteiger partial charge on any atom is 0.0770 e. The fourth-order valence-electron chi connectivity index (χ4n) is 2.39. The summed E-state index contributed by atoms with van der Waals surface area (Å²) in [5.74, 6) is 0.542. The fourth-order valence-corrected chi connectivity index (χ4v) is 3.46. The molecule has 1 atom stereocenters. The van der Waals surface area contributed by atoms with Crippen LogP contribution in [0.1, 0.15) is 31.6 Å². The SMILES string of the molecule is CC(C)c1cc2c(ccc3cnn(C[C@@H](C)O)c32)s1. The van der Waals surface area contributed by atoms with Gasteiger partial charge in [0, 0.05) is 20.3 Å². The second-order valence-electron chi connectivity index (χ2n) is 5.39. The molecule has 4 heteroatoms. The maximum absolute atomic E-state index is 9.59. The molecule has 0 saturated heterocycles. The molecule has 0 amide bonds. The van der Waals surface area contributed by atoms with Crippen molar-refractivity contribution in [2.24, 2.45) is 0 Å². The highest BCUT2D eigenvalue weighted by atomic mass is 32.1. The zero-order chi connectivity index (χ0) is 13.6. The van der Waals surface area contributed by atoms with Crippen LogP contribution < -0.4 is 0 Å². The van der Waals surface area contributed by atoms with Gasteiger partial charge in [0.25, 0.3) is 0 Å². The van der Waals surface area contributed by atoms with Crippen molar-refractivity contribution in [3.05, 3.63) is 29.3 Å². The largest absolute Gasteiger partial charge is 0.391 e. The van der Waals surface area contributed by atoms with Crippen molar-refractivity contribution in [3.63, 3.8) is 0 Å². The predicted molar refractivity (Wildman–Crippen MR) is 80.9 cm³/mol. The fraction of sp³-hybridized carbons (Fsp3) is 0.400. The highest BCUT2D eigenvalue weighted by Crippen LogP contribution is 2.35. The van der Waals surface area contributed by atoms with Crippen LogP contribution in [0.3, 0.4) is 0 Å². The third-order valence-electron chi connectivity index (χ3n) is 3.32. The van der Waals surface area contributed by atoms with Crippen molar-refractivity contribution in [2.75, 3.05) is 0 Å². The Hall–Kier alpha value is -1.39. The molecule has 2 aromatic heterocycles. The van der Waals surface area contributed by atoms with Gasteiger partial charge in [0.2, 0.25) is 0 Å². The Kier molecular flexibility index (Phi) is 3.07. The van der Waals surface area contributed by atoms with E-state index in [1.807, 2.05) is 22.2 Å². The second kappa shape index (κ2) is 4.62. The summed E-state index contributed by atoms with van der Waals surface area (Å²) in [5.41, 5.74) is 1.14. The van der Waals surface area contributed by atoms with Crippen LogP contribution in [0.15, 0.2) is 24.4 Å². The normalized spacial score (nSPS) is 13.7. The van der Waals surface area contributed by atoms with Gasteiger partial charge < -0.3 is 5.11 Å². The van der Waals surface area contributed by atoms with Gasteiger partial charge in [-0.25, -0.2) is 0 Å². The van der Waals surface area contributed by atoms with Gasteiger partial charge in [0.1, 0.15) is 0 Å². The Labute approximate surface area is 116 Å². The number of aromatic nitrogens is 2. The molecular weight excluding hydrogens is 256 g/mol. The number of aliphatic hydroxyl groups is 1. The van der Waals surface area contributed by atoms with E-state index in [4.69, 9.17) is 0 Å². The lowest BCUT2D eigenvalue weighted by molar-refractivity contribution is 0.170. The summed E-state index contributed by atoms with van der Waals surface area (Å²) in [6, 6.07) is 6.56. The monoisotopic (exact) mass is 274 g/mol. The lowest BCUT2D eigenvalue weighted by Crippen LogP contribution is -2.12. The van der Waals surface area contributed by atoms with Gasteiger partial charge in [-0.05, 0) is 31.0 Å². The van der Waals surface area contributed by atoms with Gasteiger partial charge >= 0.3 is 0 Å². The Bertz CT molecular complexity index is 724. The molecule has 0 radical (unpaired) electrons. The number of rotatable bonds is 3. The highest BCUT2D eigenvalue weighted by Gasteiger charge is 2.12. The smallest absolute Gasteiger partial charge is 0.0770 e. The molecule has 100 valence electrons. The van der Waals surface area contributed by atoms with E-state index in [2.05, 4.69) is 37.1 Å². The van der Waals surface area contributed by atoms with Crippen LogP contribution >= 0.6 is 11.3 Å². The third kappa shape index (κ3) is 2.15. The van der Waals surface area contributed by atoms with Crippen LogP contribution in [0, 0.1) is 0 Å². The van der Waals surface area contributed by atoms with Gasteiger partial charge in [0.05, 0.1) is 24.4 Å². The summed E-state index contributed by atoms with van der Waals surface area (Å²) >= 11 is 1.85. The molecule has 0 fully saturated rings. The Morgan fingerprint density at radius 3 is 2.79 bits per heavy atom. The van der Waals surface area contributed by atoms with Gasteiger partial charge in [-0.3, -0.25) is 4.68 Å². The van der Waals surface area contributed by atoms with E-state index >= 15 is 0 Å². The lowest BCUT2D eigenvalue weighted by Gasteiger charge is -2.06. The molecule has 0 aliphatic rings. The summed E-state index contributed by atoms with van der Waals surface area (Å²) in [6.07, 6.45) is 1.49. The highest BCUT2D eigenvalue weighted by molar-refractivity contribution is 7.19. The van der Waals surface area contributed by atoms with Gasteiger partial charge in [-0.1, -0.05) is 13.8 Å². The Morgan fingerprint density at radius 1 is 1.32 bits per heavy atom. The van der Waals surface area contributed by atoms with Gasteiger partial charge in [-0.2, -0.15) is 5.10 Å². The van der Waals surface area contributed by atoms with E-state index in [-0.39, 0.29) is 6.10 Å². The van der Waals surface area contributed by atoms with E-state index in [0.29, 0.717) is 12.5 Å². The van der Waals surface area contributed by atoms with Crippen LogP contribution in [0.2, 0.25) is 0 Å². The first kappa shape index (κ1) is 12.6. The van der Waals surface area contributed by atoms with E-state index in [1.165, 1.54) is 15.0 Å². The summed E-state index contributed by atoms with van der Waals surface area (Å²) in [6.45, 7) is 6.76. The van der Waals surface area contributed by atoms with Crippen molar-refractivity contribution in [3.8, 4) is 0 Å². The molecule has 0 aliphatic carbocycles. The number of hydrogen-bond acceptors (Lipinski definition) is 3. The second-order valence-corrected chi connectivity index (χ2v) is 6.51. The average molecular weight is 274 g/mol. The lowest BCUT2D eigenvalue weighted by atomic mass is 10.1. The predicted octanol–water partition coefficient (Wildman–Crippen LogP) is 3.76. The molecule has 19 heavy (non-hydrogen) atoms.